The van der Waals surface area contributed by atoms with Crippen molar-refractivity contribution in [2.24, 2.45) is 0 Å². The van der Waals surface area contributed by atoms with Crippen LogP contribution in [0.15, 0.2) is 66.0 Å². The highest BCUT2D eigenvalue weighted by Crippen LogP contribution is 2.31. The van der Waals surface area contributed by atoms with Gasteiger partial charge < -0.3 is 0 Å². The van der Waals surface area contributed by atoms with Gasteiger partial charge in [0, 0.05) is 16.3 Å². The summed E-state index contributed by atoms with van der Waals surface area (Å²) in [4.78, 5) is 0. The predicted octanol–water partition coefficient (Wildman–Crippen LogP) is 4.19. The fourth-order valence-electron chi connectivity index (χ4n) is 2.69. The molecule has 1 aliphatic heterocycles. The van der Waals surface area contributed by atoms with Gasteiger partial charge in [-0.15, -0.1) is 0 Å². The van der Waals surface area contributed by atoms with Gasteiger partial charge in [-0.05, 0) is 48.2 Å². The summed E-state index contributed by atoms with van der Waals surface area (Å²) in [6.07, 6.45) is 2.24. The van der Waals surface area contributed by atoms with Crippen LogP contribution in [-0.4, -0.2) is 10.3 Å². The first-order valence-corrected chi connectivity index (χ1v) is 8.28. The third-order valence-corrected chi connectivity index (χ3v) is 4.99. The Bertz CT molecular complexity index is 779. The van der Waals surface area contributed by atoms with E-state index >= 15 is 0 Å². The number of benzene rings is 2. The van der Waals surface area contributed by atoms with Gasteiger partial charge in [0.2, 0.25) is 0 Å². The molecule has 21 heavy (non-hydrogen) atoms. The van der Waals surface area contributed by atoms with Crippen molar-refractivity contribution in [3.8, 4) is 16.9 Å². The molecule has 0 N–H and O–H groups in total. The van der Waals surface area contributed by atoms with Crippen LogP contribution < -0.4 is 4.57 Å². The number of aromatic nitrogens is 2. The number of halogens is 1. The number of para-hydroxylation sites is 1. The Morgan fingerprint density at radius 2 is 1.76 bits per heavy atom. The predicted molar refractivity (Wildman–Crippen MR) is 87.1 cm³/mol. The Morgan fingerprint density at radius 3 is 2.52 bits per heavy atom. The molecule has 0 aliphatic carbocycles. The zero-order valence-corrected chi connectivity index (χ0v) is 12.9. The summed E-state index contributed by atoms with van der Waals surface area (Å²) in [5.74, 6) is 1.14. The number of imidazole rings is 1. The van der Waals surface area contributed by atoms with Crippen LogP contribution in [0.3, 0.4) is 0 Å². The number of rotatable bonds is 2. The summed E-state index contributed by atoms with van der Waals surface area (Å²) in [6.45, 7) is 1.07. The minimum Gasteiger partial charge on any atom is -0.223 e. The summed E-state index contributed by atoms with van der Waals surface area (Å²) in [7, 11) is 0. The van der Waals surface area contributed by atoms with Gasteiger partial charge in [-0.1, -0.05) is 29.8 Å². The molecule has 104 valence electrons. The van der Waals surface area contributed by atoms with Gasteiger partial charge in [-0.2, -0.15) is 4.57 Å². The van der Waals surface area contributed by atoms with Crippen LogP contribution in [-0.2, 0) is 6.54 Å². The van der Waals surface area contributed by atoms with Gasteiger partial charge in [-0.25, -0.2) is 4.57 Å². The summed E-state index contributed by atoms with van der Waals surface area (Å²) < 4.78 is 4.67. The van der Waals surface area contributed by atoms with E-state index in [9.17, 15) is 0 Å². The van der Waals surface area contributed by atoms with Crippen LogP contribution in [0.5, 0.6) is 0 Å². The molecule has 0 saturated carbocycles. The topological polar surface area (TPSA) is 8.81 Å². The number of hydrogen-bond acceptors (Lipinski definition) is 1. The summed E-state index contributed by atoms with van der Waals surface area (Å²) in [6, 6.07) is 18.6. The van der Waals surface area contributed by atoms with Crippen LogP contribution in [0.4, 0.5) is 0 Å². The smallest absolute Gasteiger partial charge is 0.223 e. The fraction of sp³-hybridized carbons (Fsp3) is 0.118. The Hall–Kier alpha value is -1.71. The van der Waals surface area contributed by atoms with Crippen molar-refractivity contribution in [2.45, 2.75) is 11.7 Å². The Balaban J connectivity index is 1.94. The maximum atomic E-state index is 6.01. The molecular formula is C17H14ClN2S+. The molecule has 3 aromatic rings. The van der Waals surface area contributed by atoms with Crippen molar-refractivity contribution >= 4 is 23.4 Å². The molecule has 0 unspecified atom stereocenters. The molecule has 1 aromatic heterocycles. The Morgan fingerprint density at radius 1 is 1.00 bits per heavy atom. The van der Waals surface area contributed by atoms with Gasteiger partial charge in [0.15, 0.2) is 5.69 Å². The zero-order valence-electron chi connectivity index (χ0n) is 11.4. The van der Waals surface area contributed by atoms with Gasteiger partial charge in [-0.3, -0.25) is 0 Å². The van der Waals surface area contributed by atoms with Crippen LogP contribution in [0.25, 0.3) is 16.9 Å². The molecule has 0 fully saturated rings. The second kappa shape index (κ2) is 5.24. The van der Waals surface area contributed by atoms with E-state index in [0.29, 0.717) is 0 Å². The molecule has 0 spiro atoms. The average Bonchev–Trinajstić information content (AvgIpc) is 3.09. The lowest BCUT2D eigenvalue weighted by Gasteiger charge is -2.03. The monoisotopic (exact) mass is 313 g/mol. The van der Waals surface area contributed by atoms with Crippen molar-refractivity contribution in [1.82, 2.24) is 4.57 Å². The number of fused-ring (bicyclic) bond motifs is 1. The van der Waals surface area contributed by atoms with E-state index in [0.717, 1.165) is 17.3 Å². The third kappa shape index (κ3) is 2.27. The Labute approximate surface area is 133 Å². The maximum Gasteiger partial charge on any atom is 0.323 e. The molecule has 4 rings (SSSR count). The maximum absolute atomic E-state index is 6.01. The van der Waals surface area contributed by atoms with E-state index < -0.39 is 0 Å². The first-order chi connectivity index (χ1) is 10.3. The van der Waals surface area contributed by atoms with E-state index in [1.165, 1.54) is 22.1 Å². The highest BCUT2D eigenvalue weighted by molar-refractivity contribution is 7.99. The highest BCUT2D eigenvalue weighted by atomic mass is 35.5. The lowest BCUT2D eigenvalue weighted by Crippen LogP contribution is -2.30. The number of hydrogen-bond donors (Lipinski definition) is 0. The number of nitrogens with zero attached hydrogens (tertiary/aromatic N) is 2. The van der Waals surface area contributed by atoms with Crippen molar-refractivity contribution in [3.63, 3.8) is 0 Å². The van der Waals surface area contributed by atoms with Crippen LogP contribution in [0.1, 0.15) is 0 Å². The quantitative estimate of drug-likeness (QED) is 0.644. The number of thioether (sulfide) groups is 1. The van der Waals surface area contributed by atoms with Crippen molar-refractivity contribution in [2.75, 3.05) is 5.75 Å². The highest BCUT2D eigenvalue weighted by Gasteiger charge is 2.30. The third-order valence-electron chi connectivity index (χ3n) is 3.67. The fourth-order valence-corrected chi connectivity index (χ4v) is 3.93. The zero-order chi connectivity index (χ0) is 14.2. The largest absolute Gasteiger partial charge is 0.323 e. The van der Waals surface area contributed by atoms with Crippen LogP contribution in [0.2, 0.25) is 5.02 Å². The summed E-state index contributed by atoms with van der Waals surface area (Å²) in [5, 5.41) is 2.07. The molecule has 4 heteroatoms. The second-order valence-corrected chi connectivity index (χ2v) is 6.52. The molecule has 2 heterocycles. The molecule has 2 nitrogen and oxygen atoms in total. The van der Waals surface area contributed by atoms with E-state index in [1.54, 1.807) is 0 Å². The first kappa shape index (κ1) is 13.0. The van der Waals surface area contributed by atoms with E-state index in [1.807, 2.05) is 23.9 Å². The molecule has 0 bridgehead atoms. The minimum atomic E-state index is 0.770. The summed E-state index contributed by atoms with van der Waals surface area (Å²) >= 11 is 7.92. The lowest BCUT2D eigenvalue weighted by atomic mass is 10.1. The van der Waals surface area contributed by atoms with Crippen molar-refractivity contribution in [3.05, 3.63) is 65.8 Å². The molecule has 0 atom stereocenters. The minimum absolute atomic E-state index is 0.770. The lowest BCUT2D eigenvalue weighted by molar-refractivity contribution is -0.723. The van der Waals surface area contributed by atoms with Gasteiger partial charge in [0.05, 0.1) is 0 Å². The molecular weight excluding hydrogens is 300 g/mol. The van der Waals surface area contributed by atoms with Gasteiger partial charge >= 0.3 is 5.16 Å². The summed E-state index contributed by atoms with van der Waals surface area (Å²) in [5.41, 5.74) is 3.59. The molecule has 0 radical (unpaired) electrons. The van der Waals surface area contributed by atoms with E-state index in [4.69, 9.17) is 11.6 Å². The molecule has 0 saturated heterocycles. The normalized spacial score (nSPS) is 13.4. The Kier molecular flexibility index (Phi) is 3.24. The van der Waals surface area contributed by atoms with Gasteiger partial charge in [0.1, 0.15) is 18.4 Å². The standard InChI is InChI=1S/C17H14ClN2S/c18-14-8-6-13(7-9-14)16-12-19-10-11-21-17(19)20(16)15-4-2-1-3-5-15/h1-9,12H,10-11H2/q+1. The van der Waals surface area contributed by atoms with Crippen LogP contribution >= 0.6 is 23.4 Å². The molecule has 0 amide bonds. The molecule has 2 aromatic carbocycles. The second-order valence-electron chi connectivity index (χ2n) is 5.02. The van der Waals surface area contributed by atoms with Gasteiger partial charge in [0.25, 0.3) is 0 Å². The average molecular weight is 314 g/mol. The number of aryl methyl sites for hydroxylation is 1. The van der Waals surface area contributed by atoms with Crippen LogP contribution in [0, 0.1) is 0 Å². The molecule has 1 aliphatic rings. The van der Waals surface area contributed by atoms with Crippen molar-refractivity contribution < 1.29 is 4.57 Å². The first-order valence-electron chi connectivity index (χ1n) is 6.92. The SMILES string of the molecule is Clc1ccc(-c2c[n+]3c(n2-c2ccccc2)SCC3)cc1. The van der Waals surface area contributed by atoms with E-state index in [-0.39, 0.29) is 0 Å². The van der Waals surface area contributed by atoms with Crippen molar-refractivity contribution in [1.29, 1.82) is 0 Å². The van der Waals surface area contributed by atoms with E-state index in [2.05, 4.69) is 57.8 Å².